The van der Waals surface area contributed by atoms with Crippen LogP contribution in [0, 0.1) is 11.8 Å². The van der Waals surface area contributed by atoms with Crippen molar-refractivity contribution in [1.82, 2.24) is 15.0 Å². The summed E-state index contributed by atoms with van der Waals surface area (Å²) in [5, 5.41) is 4.93. The first-order valence-corrected chi connectivity index (χ1v) is 8.52. The van der Waals surface area contributed by atoms with Crippen LogP contribution in [0.3, 0.4) is 0 Å². The minimum Gasteiger partial charge on any atom is -0.294 e. The Bertz CT molecular complexity index is 842. The molecule has 0 saturated carbocycles. The molecule has 0 bridgehead atoms. The molecule has 2 amide bonds. The first-order valence-electron chi connectivity index (χ1n) is 8.52. The van der Waals surface area contributed by atoms with Gasteiger partial charge in [-0.1, -0.05) is 39.8 Å². The molecule has 1 aromatic carbocycles. The maximum absolute atomic E-state index is 13.0. The largest absolute Gasteiger partial charge is 0.416 e. The third kappa shape index (κ3) is 5.48. The number of benzene rings is 1. The molecule has 1 aromatic heterocycles. The van der Waals surface area contributed by atoms with E-state index in [0.717, 1.165) is 12.1 Å². The fourth-order valence-electron chi connectivity index (χ4n) is 1.96. The van der Waals surface area contributed by atoms with Crippen molar-refractivity contribution in [3.05, 3.63) is 29.8 Å². The lowest BCUT2D eigenvalue weighted by molar-refractivity contribution is -0.137. The Labute approximate surface area is 159 Å². The molecule has 10 heteroatoms. The average Bonchev–Trinajstić information content (AvgIpc) is 2.60. The second kappa shape index (κ2) is 8.32. The van der Waals surface area contributed by atoms with Crippen LogP contribution in [0.1, 0.15) is 33.3 Å². The van der Waals surface area contributed by atoms with E-state index in [2.05, 4.69) is 25.6 Å². The van der Waals surface area contributed by atoms with Crippen molar-refractivity contribution < 1.29 is 22.8 Å². The van der Waals surface area contributed by atoms with Crippen LogP contribution in [0.25, 0.3) is 11.4 Å². The summed E-state index contributed by atoms with van der Waals surface area (Å²) in [5.74, 6) is -1.96. The molecule has 0 saturated heterocycles. The normalized spacial score (nSPS) is 11.6. The fourth-order valence-corrected chi connectivity index (χ4v) is 1.96. The Hall–Kier alpha value is -3.04. The highest BCUT2D eigenvalue weighted by Gasteiger charge is 2.30. The number of hydrogen-bond acceptors (Lipinski definition) is 5. The Morgan fingerprint density at radius 1 is 0.893 bits per heavy atom. The molecule has 2 aromatic rings. The summed E-state index contributed by atoms with van der Waals surface area (Å²) in [6, 6.07) is 4.43. The first kappa shape index (κ1) is 21.3. The second-order valence-electron chi connectivity index (χ2n) is 6.67. The number of amides is 2. The molecule has 7 nitrogen and oxygen atoms in total. The van der Waals surface area contributed by atoms with Gasteiger partial charge in [-0.15, -0.1) is 0 Å². The zero-order valence-electron chi connectivity index (χ0n) is 15.8. The van der Waals surface area contributed by atoms with Crippen molar-refractivity contribution in [2.24, 2.45) is 11.8 Å². The molecule has 0 fully saturated rings. The van der Waals surface area contributed by atoms with Crippen molar-refractivity contribution in [1.29, 1.82) is 0 Å². The summed E-state index contributed by atoms with van der Waals surface area (Å²) in [5.41, 5.74) is -0.803. The van der Waals surface area contributed by atoms with E-state index in [1.165, 1.54) is 12.1 Å². The van der Waals surface area contributed by atoms with Crippen LogP contribution in [0.15, 0.2) is 24.3 Å². The SMILES string of the molecule is CC(C)C(=O)Nc1nc(NC(=O)C(C)C)nc(-c2cccc(C(F)(F)F)c2)n1. The third-order valence-corrected chi connectivity index (χ3v) is 3.60. The standard InChI is InChI=1S/C18H20F3N5O2/c1-9(2)14(27)24-16-22-13(23-17(26-16)25-15(28)10(3)4)11-6-5-7-12(8-11)18(19,20)21/h5-10H,1-4H3,(H2,22,23,24,25,26,27,28). The highest BCUT2D eigenvalue weighted by Crippen LogP contribution is 2.31. The molecule has 28 heavy (non-hydrogen) atoms. The van der Waals surface area contributed by atoms with Gasteiger partial charge in [-0.25, -0.2) is 0 Å². The lowest BCUT2D eigenvalue weighted by atomic mass is 10.1. The summed E-state index contributed by atoms with van der Waals surface area (Å²) >= 11 is 0. The van der Waals surface area contributed by atoms with Crippen LogP contribution in [-0.2, 0) is 15.8 Å². The highest BCUT2D eigenvalue weighted by atomic mass is 19.4. The van der Waals surface area contributed by atoms with Crippen LogP contribution in [0.4, 0.5) is 25.1 Å². The second-order valence-corrected chi connectivity index (χ2v) is 6.67. The van der Waals surface area contributed by atoms with Crippen molar-refractivity contribution in [3.63, 3.8) is 0 Å². The number of halogens is 3. The minimum atomic E-state index is -4.54. The summed E-state index contributed by atoms with van der Waals surface area (Å²) in [6.07, 6.45) is -4.54. The smallest absolute Gasteiger partial charge is 0.294 e. The molecule has 150 valence electrons. The Kier molecular flexibility index (Phi) is 6.32. The quantitative estimate of drug-likeness (QED) is 0.804. The van der Waals surface area contributed by atoms with Crippen LogP contribution in [0.5, 0.6) is 0 Å². The monoisotopic (exact) mass is 395 g/mol. The molecule has 0 unspecified atom stereocenters. The Morgan fingerprint density at radius 2 is 1.39 bits per heavy atom. The number of alkyl halides is 3. The lowest BCUT2D eigenvalue weighted by Crippen LogP contribution is -2.23. The van der Waals surface area contributed by atoms with Gasteiger partial charge >= 0.3 is 6.18 Å². The van der Waals surface area contributed by atoms with Crippen LogP contribution in [-0.4, -0.2) is 26.8 Å². The predicted molar refractivity (Wildman–Crippen MR) is 97.2 cm³/mol. The van der Waals surface area contributed by atoms with Crippen molar-refractivity contribution in [2.45, 2.75) is 33.9 Å². The molecule has 0 radical (unpaired) electrons. The average molecular weight is 395 g/mol. The van der Waals surface area contributed by atoms with Crippen molar-refractivity contribution in [3.8, 4) is 11.4 Å². The van der Waals surface area contributed by atoms with Crippen LogP contribution in [0.2, 0.25) is 0 Å². The van der Waals surface area contributed by atoms with E-state index in [1.807, 2.05) is 0 Å². The molecule has 0 spiro atoms. The number of rotatable bonds is 5. The maximum atomic E-state index is 13.0. The van der Waals surface area contributed by atoms with E-state index in [1.54, 1.807) is 27.7 Å². The van der Waals surface area contributed by atoms with Gasteiger partial charge in [0.05, 0.1) is 5.56 Å². The van der Waals surface area contributed by atoms with Gasteiger partial charge in [0.1, 0.15) is 0 Å². The predicted octanol–water partition coefficient (Wildman–Crippen LogP) is 3.75. The van der Waals surface area contributed by atoms with Crippen molar-refractivity contribution in [2.75, 3.05) is 10.6 Å². The Balaban J connectivity index is 2.50. The Morgan fingerprint density at radius 3 is 1.82 bits per heavy atom. The zero-order valence-corrected chi connectivity index (χ0v) is 15.8. The molecular weight excluding hydrogens is 375 g/mol. The van der Waals surface area contributed by atoms with Gasteiger partial charge in [0, 0.05) is 17.4 Å². The lowest BCUT2D eigenvalue weighted by Gasteiger charge is -2.12. The van der Waals surface area contributed by atoms with E-state index in [9.17, 15) is 22.8 Å². The van der Waals surface area contributed by atoms with E-state index in [-0.39, 0.29) is 46.9 Å². The van der Waals surface area contributed by atoms with Gasteiger partial charge in [-0.05, 0) is 12.1 Å². The number of carbonyl (C=O) groups excluding carboxylic acids is 2. The van der Waals surface area contributed by atoms with Gasteiger partial charge in [-0.2, -0.15) is 28.1 Å². The number of nitrogens with zero attached hydrogens (tertiary/aromatic N) is 3. The van der Waals surface area contributed by atoms with E-state index < -0.39 is 11.7 Å². The fraction of sp³-hybridized carbons (Fsp3) is 0.389. The van der Waals surface area contributed by atoms with E-state index >= 15 is 0 Å². The molecule has 0 aliphatic heterocycles. The molecule has 0 aliphatic carbocycles. The van der Waals surface area contributed by atoms with Gasteiger partial charge in [0.15, 0.2) is 5.82 Å². The molecule has 0 atom stereocenters. The zero-order chi connectivity index (χ0) is 21.1. The van der Waals surface area contributed by atoms with Crippen molar-refractivity contribution >= 4 is 23.7 Å². The number of anilines is 2. The number of nitrogens with one attached hydrogen (secondary N) is 2. The number of aromatic nitrogens is 3. The topological polar surface area (TPSA) is 96.9 Å². The molecule has 2 N–H and O–H groups in total. The van der Waals surface area contributed by atoms with Gasteiger partial charge in [0.25, 0.3) is 0 Å². The summed E-state index contributed by atoms with van der Waals surface area (Å²) in [4.78, 5) is 35.9. The summed E-state index contributed by atoms with van der Waals surface area (Å²) in [7, 11) is 0. The van der Waals surface area contributed by atoms with Crippen LogP contribution < -0.4 is 10.6 Å². The number of hydrogen-bond donors (Lipinski definition) is 2. The molecular formula is C18H20F3N5O2. The first-order chi connectivity index (χ1) is 13.0. The van der Waals surface area contributed by atoms with Gasteiger partial charge in [0.2, 0.25) is 23.7 Å². The van der Waals surface area contributed by atoms with Gasteiger partial charge < -0.3 is 0 Å². The highest BCUT2D eigenvalue weighted by molar-refractivity contribution is 5.92. The molecule has 1 heterocycles. The molecule has 0 aliphatic rings. The van der Waals surface area contributed by atoms with Crippen LogP contribution >= 0.6 is 0 Å². The maximum Gasteiger partial charge on any atom is 0.416 e. The van der Waals surface area contributed by atoms with Gasteiger partial charge in [-0.3, -0.25) is 20.2 Å². The summed E-state index contributed by atoms with van der Waals surface area (Å²) in [6.45, 7) is 6.63. The number of carbonyl (C=O) groups is 2. The van der Waals surface area contributed by atoms with E-state index in [4.69, 9.17) is 0 Å². The third-order valence-electron chi connectivity index (χ3n) is 3.60. The molecule has 2 rings (SSSR count). The minimum absolute atomic E-state index is 0.0670. The van der Waals surface area contributed by atoms with E-state index in [0.29, 0.717) is 0 Å². The summed E-state index contributed by atoms with van der Waals surface area (Å²) < 4.78 is 39.0.